The van der Waals surface area contributed by atoms with Gasteiger partial charge in [-0.25, -0.2) is 4.79 Å². The first-order valence-corrected chi connectivity index (χ1v) is 9.77. The second kappa shape index (κ2) is 9.78. The number of esters is 1. The maximum Gasteiger partial charge on any atom is 0.338 e. The van der Waals surface area contributed by atoms with Crippen molar-refractivity contribution in [3.05, 3.63) is 53.6 Å². The van der Waals surface area contributed by atoms with Crippen LogP contribution in [0.15, 0.2) is 47.6 Å². The molecule has 8 nitrogen and oxygen atoms in total. The van der Waals surface area contributed by atoms with E-state index in [0.29, 0.717) is 42.1 Å². The fourth-order valence-corrected chi connectivity index (χ4v) is 3.21. The molecule has 1 saturated heterocycles. The number of phenols is 1. The van der Waals surface area contributed by atoms with Crippen LogP contribution in [0.5, 0.6) is 11.5 Å². The SMILES string of the molecule is CCOC(=O)c1ccc(NC(=O)C2CCCN2/N=C/c2ccc(OC)c(O)c2)cc1. The van der Waals surface area contributed by atoms with Gasteiger partial charge in [-0.1, -0.05) is 0 Å². The Morgan fingerprint density at radius 2 is 2.03 bits per heavy atom. The predicted octanol–water partition coefficient (Wildman–Crippen LogP) is 3.01. The molecular weight excluding hydrogens is 386 g/mol. The predicted molar refractivity (Wildman–Crippen MR) is 113 cm³/mol. The molecule has 1 aliphatic rings. The number of carbonyl (C=O) groups is 2. The van der Waals surface area contributed by atoms with Gasteiger partial charge in [-0.3, -0.25) is 9.80 Å². The molecule has 3 rings (SSSR count). The monoisotopic (exact) mass is 411 g/mol. The molecule has 0 spiro atoms. The van der Waals surface area contributed by atoms with Gasteiger partial charge in [-0.05, 0) is 67.8 Å². The van der Waals surface area contributed by atoms with E-state index in [1.54, 1.807) is 60.6 Å². The van der Waals surface area contributed by atoms with Crippen LogP contribution < -0.4 is 10.1 Å². The summed E-state index contributed by atoms with van der Waals surface area (Å²) in [7, 11) is 1.49. The summed E-state index contributed by atoms with van der Waals surface area (Å²) >= 11 is 0. The average molecular weight is 411 g/mol. The standard InChI is InChI=1S/C22H25N3O5/c1-3-30-22(28)16-7-9-17(10-8-16)24-21(27)18-5-4-12-25(18)23-14-15-6-11-20(29-2)19(26)13-15/h6-11,13-14,18,26H,3-5,12H2,1-2H3,(H,24,27)/b23-14+. The summed E-state index contributed by atoms with van der Waals surface area (Å²) < 4.78 is 9.99. The normalized spacial score (nSPS) is 15.9. The lowest BCUT2D eigenvalue weighted by molar-refractivity contribution is -0.120. The van der Waals surface area contributed by atoms with Gasteiger partial charge < -0.3 is 19.9 Å². The van der Waals surface area contributed by atoms with Crippen LogP contribution in [0, 0.1) is 0 Å². The van der Waals surface area contributed by atoms with Crippen LogP contribution in [0.4, 0.5) is 5.69 Å². The Labute approximate surface area is 175 Å². The van der Waals surface area contributed by atoms with Crippen molar-refractivity contribution in [1.29, 1.82) is 0 Å². The van der Waals surface area contributed by atoms with E-state index in [9.17, 15) is 14.7 Å². The minimum Gasteiger partial charge on any atom is -0.504 e. The van der Waals surface area contributed by atoms with Crippen molar-refractivity contribution in [3.8, 4) is 11.5 Å². The first-order valence-electron chi connectivity index (χ1n) is 9.77. The van der Waals surface area contributed by atoms with Crippen molar-refractivity contribution >= 4 is 23.8 Å². The van der Waals surface area contributed by atoms with Gasteiger partial charge in [0.2, 0.25) is 5.91 Å². The number of carbonyl (C=O) groups excluding carboxylic acids is 2. The Kier molecular flexibility index (Phi) is 6.90. The van der Waals surface area contributed by atoms with Gasteiger partial charge in [0.1, 0.15) is 6.04 Å². The smallest absolute Gasteiger partial charge is 0.338 e. The number of hydrogen-bond acceptors (Lipinski definition) is 7. The minimum atomic E-state index is -0.392. The zero-order valence-electron chi connectivity index (χ0n) is 17.0. The van der Waals surface area contributed by atoms with Crippen molar-refractivity contribution < 1.29 is 24.2 Å². The van der Waals surface area contributed by atoms with Crippen LogP contribution in [-0.4, -0.2) is 54.5 Å². The van der Waals surface area contributed by atoms with Gasteiger partial charge in [0, 0.05) is 12.2 Å². The van der Waals surface area contributed by atoms with E-state index < -0.39 is 12.0 Å². The summed E-state index contributed by atoms with van der Waals surface area (Å²) in [4.78, 5) is 24.4. The van der Waals surface area contributed by atoms with E-state index in [-0.39, 0.29) is 11.7 Å². The first kappa shape index (κ1) is 21.2. The van der Waals surface area contributed by atoms with Gasteiger partial charge >= 0.3 is 5.97 Å². The molecule has 1 atom stereocenters. The summed E-state index contributed by atoms with van der Waals surface area (Å²) in [6.45, 7) is 2.73. The van der Waals surface area contributed by atoms with E-state index in [1.807, 2.05) is 0 Å². The number of rotatable bonds is 7. The maximum atomic E-state index is 12.7. The number of methoxy groups -OCH3 is 1. The Morgan fingerprint density at radius 3 is 2.70 bits per heavy atom. The summed E-state index contributed by atoms with van der Waals surface area (Å²) in [6, 6.07) is 11.2. The van der Waals surface area contributed by atoms with Crippen LogP contribution in [0.3, 0.4) is 0 Å². The largest absolute Gasteiger partial charge is 0.504 e. The maximum absolute atomic E-state index is 12.7. The number of ether oxygens (including phenoxy) is 2. The average Bonchev–Trinajstić information content (AvgIpc) is 3.22. The van der Waals surface area contributed by atoms with Crippen molar-refractivity contribution in [3.63, 3.8) is 0 Å². The van der Waals surface area contributed by atoms with Crippen molar-refractivity contribution in [2.75, 3.05) is 25.6 Å². The summed E-state index contributed by atoms with van der Waals surface area (Å²) in [5.41, 5.74) is 1.74. The van der Waals surface area contributed by atoms with Gasteiger partial charge in [-0.15, -0.1) is 0 Å². The van der Waals surface area contributed by atoms with Gasteiger partial charge in [0.05, 0.1) is 25.5 Å². The minimum absolute atomic E-state index is 0.0310. The summed E-state index contributed by atoms with van der Waals surface area (Å²) in [5, 5.41) is 18.9. The first-order chi connectivity index (χ1) is 14.5. The third-order valence-corrected chi connectivity index (χ3v) is 4.75. The van der Waals surface area contributed by atoms with E-state index in [2.05, 4.69) is 10.4 Å². The van der Waals surface area contributed by atoms with Gasteiger partial charge in [0.25, 0.3) is 0 Å². The molecule has 1 aliphatic heterocycles. The molecule has 2 aromatic rings. The fourth-order valence-electron chi connectivity index (χ4n) is 3.21. The molecular formula is C22H25N3O5. The number of anilines is 1. The molecule has 1 fully saturated rings. The molecule has 0 saturated carbocycles. The molecule has 0 radical (unpaired) electrons. The zero-order valence-corrected chi connectivity index (χ0v) is 17.0. The highest BCUT2D eigenvalue weighted by Gasteiger charge is 2.29. The number of hydrogen-bond donors (Lipinski definition) is 2. The van der Waals surface area contributed by atoms with E-state index in [4.69, 9.17) is 9.47 Å². The van der Waals surface area contributed by atoms with Crippen LogP contribution >= 0.6 is 0 Å². The molecule has 0 bridgehead atoms. The topological polar surface area (TPSA) is 100 Å². The van der Waals surface area contributed by atoms with Crippen molar-refractivity contribution in [1.82, 2.24) is 5.01 Å². The van der Waals surface area contributed by atoms with Crippen LogP contribution in [0.1, 0.15) is 35.7 Å². The Hall–Kier alpha value is -3.55. The quantitative estimate of drug-likeness (QED) is 0.537. The fraction of sp³-hybridized carbons (Fsp3) is 0.318. The molecule has 0 aliphatic carbocycles. The molecule has 1 heterocycles. The van der Waals surface area contributed by atoms with Crippen LogP contribution in [0.2, 0.25) is 0 Å². The van der Waals surface area contributed by atoms with Crippen molar-refractivity contribution in [2.24, 2.45) is 5.10 Å². The molecule has 0 aromatic heterocycles. The van der Waals surface area contributed by atoms with Crippen LogP contribution in [0.25, 0.3) is 0 Å². The molecule has 2 aromatic carbocycles. The second-order valence-electron chi connectivity index (χ2n) is 6.78. The number of aromatic hydroxyl groups is 1. The molecule has 30 heavy (non-hydrogen) atoms. The Morgan fingerprint density at radius 1 is 1.27 bits per heavy atom. The highest BCUT2D eigenvalue weighted by Crippen LogP contribution is 2.26. The highest BCUT2D eigenvalue weighted by atomic mass is 16.5. The second-order valence-corrected chi connectivity index (χ2v) is 6.78. The summed E-state index contributed by atoms with van der Waals surface area (Å²) in [6.07, 6.45) is 3.15. The third kappa shape index (κ3) is 5.08. The number of amides is 1. The molecule has 8 heteroatoms. The van der Waals surface area contributed by atoms with E-state index in [1.165, 1.54) is 7.11 Å². The van der Waals surface area contributed by atoms with Gasteiger partial charge in [0.15, 0.2) is 11.5 Å². The Bertz CT molecular complexity index is 927. The number of nitrogens with zero attached hydrogens (tertiary/aromatic N) is 2. The van der Waals surface area contributed by atoms with Crippen LogP contribution in [-0.2, 0) is 9.53 Å². The van der Waals surface area contributed by atoms with E-state index >= 15 is 0 Å². The molecule has 1 amide bonds. The lowest BCUT2D eigenvalue weighted by atomic mass is 10.2. The number of nitrogens with one attached hydrogen (secondary N) is 1. The lowest BCUT2D eigenvalue weighted by Gasteiger charge is -2.20. The molecule has 158 valence electrons. The number of hydrazone groups is 1. The lowest BCUT2D eigenvalue weighted by Crippen LogP contribution is -2.36. The number of phenolic OH excluding ortho intramolecular Hbond substituents is 1. The third-order valence-electron chi connectivity index (χ3n) is 4.75. The van der Waals surface area contributed by atoms with Crippen molar-refractivity contribution in [2.45, 2.75) is 25.8 Å². The van der Waals surface area contributed by atoms with E-state index in [0.717, 1.165) is 6.42 Å². The summed E-state index contributed by atoms with van der Waals surface area (Å²) in [5.74, 6) is -0.134. The number of benzene rings is 2. The molecule has 1 unspecified atom stereocenters. The zero-order chi connectivity index (χ0) is 21.5. The Balaban J connectivity index is 1.62. The highest BCUT2D eigenvalue weighted by molar-refractivity contribution is 5.96. The van der Waals surface area contributed by atoms with Gasteiger partial charge in [-0.2, -0.15) is 5.10 Å². The molecule has 2 N–H and O–H groups in total.